The number of aryl methyl sites for hydroxylation is 1. The molecule has 2 rings (SSSR count). The van der Waals surface area contributed by atoms with Gasteiger partial charge < -0.3 is 16.0 Å². The van der Waals surface area contributed by atoms with Crippen molar-refractivity contribution in [2.45, 2.75) is 13.8 Å². The van der Waals surface area contributed by atoms with E-state index in [1.54, 1.807) is 17.9 Å². The molecule has 0 saturated carbocycles. The quantitative estimate of drug-likeness (QED) is 0.802. The first-order valence-electron chi connectivity index (χ1n) is 7.10. The smallest absolute Gasteiger partial charge is 0.238 e. The average molecular weight is 290 g/mol. The number of para-hydroxylation sites is 1. The van der Waals surface area contributed by atoms with Gasteiger partial charge in [-0.25, -0.2) is 0 Å². The number of nitrogens with zero attached hydrogens (tertiary/aromatic N) is 2. The maximum atomic E-state index is 12.1. The first kappa shape index (κ1) is 15.3. The Morgan fingerprint density at radius 3 is 2.48 bits per heavy atom. The molecule has 0 spiro atoms. The predicted octanol–water partition coefficient (Wildman–Crippen LogP) is 0.680. The van der Waals surface area contributed by atoms with Crippen molar-refractivity contribution in [2.24, 2.45) is 0 Å². The number of piperazine rings is 1. The Labute approximate surface area is 124 Å². The first-order chi connectivity index (χ1) is 9.97. The van der Waals surface area contributed by atoms with E-state index in [0.29, 0.717) is 31.0 Å². The van der Waals surface area contributed by atoms with Gasteiger partial charge in [-0.15, -0.1) is 0 Å². The van der Waals surface area contributed by atoms with E-state index in [0.717, 1.165) is 18.7 Å². The Kier molecular flexibility index (Phi) is 4.80. The van der Waals surface area contributed by atoms with Crippen LogP contribution in [0.25, 0.3) is 0 Å². The van der Waals surface area contributed by atoms with Gasteiger partial charge >= 0.3 is 0 Å². The van der Waals surface area contributed by atoms with Crippen LogP contribution >= 0.6 is 0 Å². The number of benzene rings is 1. The lowest BCUT2D eigenvalue weighted by Crippen LogP contribution is -2.49. The maximum Gasteiger partial charge on any atom is 0.238 e. The lowest BCUT2D eigenvalue weighted by Gasteiger charge is -2.33. The Balaban J connectivity index is 1.87. The van der Waals surface area contributed by atoms with Crippen molar-refractivity contribution in [3.8, 4) is 0 Å². The molecule has 0 aromatic heterocycles. The third-order valence-corrected chi connectivity index (χ3v) is 3.75. The van der Waals surface area contributed by atoms with E-state index >= 15 is 0 Å². The summed E-state index contributed by atoms with van der Waals surface area (Å²) in [5.41, 5.74) is 8.09. The fourth-order valence-corrected chi connectivity index (χ4v) is 2.46. The molecule has 0 atom stereocenters. The number of carbonyl (C=O) groups is 2. The highest BCUT2D eigenvalue weighted by Crippen LogP contribution is 2.22. The van der Waals surface area contributed by atoms with Crippen molar-refractivity contribution < 1.29 is 9.59 Å². The van der Waals surface area contributed by atoms with Gasteiger partial charge in [-0.3, -0.25) is 14.5 Å². The number of hydrogen-bond donors (Lipinski definition) is 2. The minimum Gasteiger partial charge on any atom is -0.397 e. The molecular weight excluding hydrogens is 268 g/mol. The summed E-state index contributed by atoms with van der Waals surface area (Å²) in [6.45, 7) is 6.59. The lowest BCUT2D eigenvalue weighted by atomic mass is 10.1. The van der Waals surface area contributed by atoms with Crippen LogP contribution in [0.1, 0.15) is 12.5 Å². The molecule has 0 bridgehead atoms. The maximum absolute atomic E-state index is 12.1. The molecule has 1 saturated heterocycles. The van der Waals surface area contributed by atoms with Crippen LogP contribution in [-0.4, -0.2) is 54.3 Å². The topological polar surface area (TPSA) is 78.7 Å². The van der Waals surface area contributed by atoms with Crippen molar-refractivity contribution in [3.63, 3.8) is 0 Å². The van der Waals surface area contributed by atoms with Crippen LogP contribution < -0.4 is 11.1 Å². The summed E-state index contributed by atoms with van der Waals surface area (Å²) in [6.07, 6.45) is 0. The largest absolute Gasteiger partial charge is 0.397 e. The molecular formula is C15H22N4O2. The molecule has 6 heteroatoms. The second kappa shape index (κ2) is 6.58. The van der Waals surface area contributed by atoms with Crippen LogP contribution in [0.3, 0.4) is 0 Å². The highest BCUT2D eigenvalue weighted by atomic mass is 16.2. The zero-order valence-electron chi connectivity index (χ0n) is 12.6. The van der Waals surface area contributed by atoms with E-state index in [1.807, 2.05) is 24.0 Å². The molecule has 0 unspecified atom stereocenters. The van der Waals surface area contributed by atoms with Gasteiger partial charge in [0.25, 0.3) is 0 Å². The minimum absolute atomic E-state index is 0.0766. The second-order valence-electron chi connectivity index (χ2n) is 5.37. The van der Waals surface area contributed by atoms with Crippen molar-refractivity contribution in [2.75, 3.05) is 43.8 Å². The summed E-state index contributed by atoms with van der Waals surface area (Å²) in [4.78, 5) is 27.2. The summed E-state index contributed by atoms with van der Waals surface area (Å²) in [6, 6.07) is 5.55. The minimum atomic E-state index is -0.0766. The van der Waals surface area contributed by atoms with Crippen LogP contribution in [0.4, 0.5) is 11.4 Å². The number of nitrogen functional groups attached to an aromatic ring is 1. The fourth-order valence-electron chi connectivity index (χ4n) is 2.46. The van der Waals surface area contributed by atoms with Gasteiger partial charge in [-0.2, -0.15) is 0 Å². The molecule has 1 aromatic carbocycles. The van der Waals surface area contributed by atoms with Crippen LogP contribution in [0.15, 0.2) is 18.2 Å². The second-order valence-corrected chi connectivity index (χ2v) is 5.37. The van der Waals surface area contributed by atoms with Crippen molar-refractivity contribution in [1.82, 2.24) is 9.80 Å². The van der Waals surface area contributed by atoms with Crippen molar-refractivity contribution in [1.29, 1.82) is 0 Å². The van der Waals surface area contributed by atoms with Gasteiger partial charge in [-0.05, 0) is 18.6 Å². The molecule has 1 aliphatic rings. The summed E-state index contributed by atoms with van der Waals surface area (Å²) in [7, 11) is 0. The Morgan fingerprint density at radius 1 is 1.24 bits per heavy atom. The molecule has 3 N–H and O–H groups in total. The highest BCUT2D eigenvalue weighted by molar-refractivity contribution is 5.96. The molecule has 2 amide bonds. The summed E-state index contributed by atoms with van der Waals surface area (Å²) >= 11 is 0. The first-order valence-corrected chi connectivity index (χ1v) is 7.10. The number of rotatable bonds is 3. The molecule has 1 aliphatic heterocycles. The lowest BCUT2D eigenvalue weighted by molar-refractivity contribution is -0.130. The number of carbonyl (C=O) groups excluding carboxylic acids is 2. The molecule has 6 nitrogen and oxygen atoms in total. The Hall–Kier alpha value is -2.08. The number of hydrogen-bond acceptors (Lipinski definition) is 4. The fraction of sp³-hybridized carbons (Fsp3) is 0.467. The van der Waals surface area contributed by atoms with E-state index < -0.39 is 0 Å². The van der Waals surface area contributed by atoms with Gasteiger partial charge in [0.1, 0.15) is 0 Å². The van der Waals surface area contributed by atoms with E-state index in [4.69, 9.17) is 5.73 Å². The third kappa shape index (κ3) is 3.95. The van der Waals surface area contributed by atoms with Gasteiger partial charge in [0, 0.05) is 33.1 Å². The summed E-state index contributed by atoms with van der Waals surface area (Å²) in [5, 5.41) is 2.87. The van der Waals surface area contributed by atoms with Crippen LogP contribution in [0.2, 0.25) is 0 Å². The van der Waals surface area contributed by atoms with Gasteiger partial charge in [0.2, 0.25) is 11.8 Å². The molecule has 1 fully saturated rings. The van der Waals surface area contributed by atoms with Gasteiger partial charge in [0.15, 0.2) is 0 Å². The van der Waals surface area contributed by atoms with E-state index in [-0.39, 0.29) is 11.8 Å². The monoisotopic (exact) mass is 290 g/mol. The number of anilines is 2. The highest BCUT2D eigenvalue weighted by Gasteiger charge is 2.20. The number of nitrogens with one attached hydrogen (secondary N) is 1. The standard InChI is InChI=1S/C15H22N4O2/c1-11-4-3-5-13(16)15(11)17-14(21)10-18-6-8-19(9-7-18)12(2)20/h3-5H,6-10,16H2,1-2H3,(H,17,21). The van der Waals surface area contributed by atoms with Crippen molar-refractivity contribution in [3.05, 3.63) is 23.8 Å². The predicted molar refractivity (Wildman–Crippen MR) is 82.9 cm³/mol. The van der Waals surface area contributed by atoms with Crippen LogP contribution in [-0.2, 0) is 9.59 Å². The van der Waals surface area contributed by atoms with Crippen LogP contribution in [0.5, 0.6) is 0 Å². The van der Waals surface area contributed by atoms with E-state index in [9.17, 15) is 9.59 Å². The molecule has 114 valence electrons. The molecule has 1 aromatic rings. The molecule has 0 aliphatic carbocycles. The molecule has 0 radical (unpaired) electrons. The Bertz CT molecular complexity index is 516. The zero-order chi connectivity index (χ0) is 15.4. The average Bonchev–Trinajstić information content (AvgIpc) is 2.43. The molecule has 1 heterocycles. The van der Waals surface area contributed by atoms with E-state index in [1.165, 1.54) is 0 Å². The number of nitrogens with two attached hydrogens (primary N) is 1. The SMILES string of the molecule is CC(=O)N1CCN(CC(=O)Nc2c(C)cccc2N)CC1. The Morgan fingerprint density at radius 2 is 1.90 bits per heavy atom. The van der Waals surface area contributed by atoms with Gasteiger partial charge in [0.05, 0.1) is 17.9 Å². The summed E-state index contributed by atoms with van der Waals surface area (Å²) < 4.78 is 0. The van der Waals surface area contributed by atoms with Crippen molar-refractivity contribution >= 4 is 23.2 Å². The zero-order valence-corrected chi connectivity index (χ0v) is 12.6. The summed E-state index contributed by atoms with van der Waals surface area (Å²) in [5.74, 6) is 0.0130. The number of amides is 2. The normalized spacial score (nSPS) is 15.8. The van der Waals surface area contributed by atoms with E-state index in [2.05, 4.69) is 5.32 Å². The molecule has 21 heavy (non-hydrogen) atoms. The van der Waals surface area contributed by atoms with Gasteiger partial charge in [-0.1, -0.05) is 12.1 Å². The third-order valence-electron chi connectivity index (χ3n) is 3.75. The van der Waals surface area contributed by atoms with Crippen LogP contribution in [0, 0.1) is 6.92 Å².